The molecule has 0 aliphatic carbocycles. The molecule has 5 heteroatoms. The van der Waals surface area contributed by atoms with Crippen molar-refractivity contribution < 1.29 is 4.42 Å². The molecule has 23 heavy (non-hydrogen) atoms. The van der Waals surface area contributed by atoms with E-state index in [2.05, 4.69) is 53.9 Å². The van der Waals surface area contributed by atoms with Gasteiger partial charge in [-0.1, -0.05) is 27.7 Å². The van der Waals surface area contributed by atoms with Crippen molar-refractivity contribution >= 4 is 5.96 Å². The Hall–Kier alpha value is -1.49. The first-order chi connectivity index (χ1) is 11.0. The molecule has 2 heterocycles. The number of nitrogens with zero attached hydrogens (tertiary/aromatic N) is 3. The van der Waals surface area contributed by atoms with Crippen LogP contribution in [0.25, 0.3) is 0 Å². The van der Waals surface area contributed by atoms with Crippen LogP contribution in [0, 0.1) is 5.41 Å². The van der Waals surface area contributed by atoms with Crippen LogP contribution in [-0.2, 0) is 0 Å². The molecule has 1 aromatic rings. The van der Waals surface area contributed by atoms with Crippen LogP contribution in [0.1, 0.15) is 45.9 Å². The van der Waals surface area contributed by atoms with Gasteiger partial charge in [0.1, 0.15) is 5.76 Å². The highest BCUT2D eigenvalue weighted by Crippen LogP contribution is 2.28. The number of nitrogens with one attached hydrogen (secondary N) is 1. The van der Waals surface area contributed by atoms with Crippen molar-refractivity contribution in [3.8, 4) is 0 Å². The van der Waals surface area contributed by atoms with Gasteiger partial charge < -0.3 is 14.6 Å². The molecule has 1 saturated heterocycles. The van der Waals surface area contributed by atoms with Crippen LogP contribution >= 0.6 is 0 Å². The fourth-order valence-corrected chi connectivity index (χ4v) is 3.37. The van der Waals surface area contributed by atoms with E-state index in [4.69, 9.17) is 4.42 Å². The third kappa shape index (κ3) is 4.50. The molecule has 1 fully saturated rings. The van der Waals surface area contributed by atoms with Crippen molar-refractivity contribution in [3.63, 3.8) is 0 Å². The summed E-state index contributed by atoms with van der Waals surface area (Å²) in [5, 5.41) is 3.56. The molecule has 5 nitrogen and oxygen atoms in total. The third-order valence-corrected chi connectivity index (χ3v) is 4.77. The summed E-state index contributed by atoms with van der Waals surface area (Å²) < 4.78 is 5.67. The smallest absolute Gasteiger partial charge is 0.193 e. The fourth-order valence-electron chi connectivity index (χ4n) is 3.37. The average molecular weight is 320 g/mol. The molecule has 0 saturated carbocycles. The highest BCUT2D eigenvalue weighted by atomic mass is 16.3. The van der Waals surface area contributed by atoms with Gasteiger partial charge in [-0.15, -0.1) is 0 Å². The SMILES string of the molecule is CCN(CC)C(CNC(=NC)N1CCC(C)(C)C1)c1ccco1. The minimum atomic E-state index is 0.229. The normalized spacial score (nSPS) is 19.4. The second kappa shape index (κ2) is 7.86. The molecule has 1 aliphatic rings. The lowest BCUT2D eigenvalue weighted by Crippen LogP contribution is -2.45. The Morgan fingerprint density at radius 3 is 2.65 bits per heavy atom. The van der Waals surface area contributed by atoms with Gasteiger partial charge in [-0.05, 0) is 37.1 Å². The summed E-state index contributed by atoms with van der Waals surface area (Å²) in [6, 6.07) is 4.25. The Morgan fingerprint density at radius 1 is 1.43 bits per heavy atom. The van der Waals surface area contributed by atoms with E-state index in [1.54, 1.807) is 6.26 Å². The number of aliphatic imine (C=N–C) groups is 1. The van der Waals surface area contributed by atoms with Crippen molar-refractivity contribution in [2.45, 2.75) is 40.2 Å². The number of furan rings is 1. The van der Waals surface area contributed by atoms with E-state index >= 15 is 0 Å². The molecule has 1 N–H and O–H groups in total. The molecule has 1 unspecified atom stereocenters. The van der Waals surface area contributed by atoms with E-state index in [0.29, 0.717) is 5.41 Å². The number of likely N-dealkylation sites (N-methyl/N-ethyl adjacent to an activating group) is 1. The zero-order valence-corrected chi connectivity index (χ0v) is 15.3. The highest BCUT2D eigenvalue weighted by Gasteiger charge is 2.31. The predicted molar refractivity (Wildman–Crippen MR) is 95.7 cm³/mol. The first kappa shape index (κ1) is 17.9. The largest absolute Gasteiger partial charge is 0.468 e. The van der Waals surface area contributed by atoms with Crippen LogP contribution in [0.5, 0.6) is 0 Å². The number of guanidine groups is 1. The molecule has 130 valence electrons. The topological polar surface area (TPSA) is 44.0 Å². The van der Waals surface area contributed by atoms with Crippen LogP contribution in [0.3, 0.4) is 0 Å². The lowest BCUT2D eigenvalue weighted by molar-refractivity contribution is 0.192. The van der Waals surface area contributed by atoms with Crippen LogP contribution < -0.4 is 5.32 Å². The molecule has 0 amide bonds. The van der Waals surface area contributed by atoms with Gasteiger partial charge in [-0.25, -0.2) is 0 Å². The summed E-state index contributed by atoms with van der Waals surface area (Å²) in [7, 11) is 1.87. The maximum Gasteiger partial charge on any atom is 0.193 e. The lowest BCUT2D eigenvalue weighted by Gasteiger charge is -2.30. The average Bonchev–Trinajstić information content (AvgIpc) is 3.16. The summed E-state index contributed by atoms with van der Waals surface area (Å²) >= 11 is 0. The second-order valence-corrected chi connectivity index (χ2v) is 7.02. The van der Waals surface area contributed by atoms with Gasteiger partial charge in [0, 0.05) is 26.7 Å². The molecule has 0 spiro atoms. The monoisotopic (exact) mass is 320 g/mol. The molecule has 0 radical (unpaired) electrons. The Bertz CT molecular complexity index is 491. The zero-order valence-electron chi connectivity index (χ0n) is 15.3. The van der Waals surface area contributed by atoms with Crippen molar-refractivity contribution in [3.05, 3.63) is 24.2 Å². The van der Waals surface area contributed by atoms with Gasteiger partial charge in [0.05, 0.1) is 12.3 Å². The Kier molecular flexibility index (Phi) is 6.10. The molecular weight excluding hydrogens is 288 g/mol. The van der Waals surface area contributed by atoms with Gasteiger partial charge in [0.2, 0.25) is 0 Å². The van der Waals surface area contributed by atoms with Gasteiger partial charge in [0.15, 0.2) is 5.96 Å². The molecule has 0 aromatic carbocycles. The zero-order chi connectivity index (χ0) is 16.9. The summed E-state index contributed by atoms with van der Waals surface area (Å²) in [4.78, 5) is 9.25. The molecule has 1 aliphatic heterocycles. The van der Waals surface area contributed by atoms with Crippen LogP contribution in [0.4, 0.5) is 0 Å². The molecule has 2 rings (SSSR count). The van der Waals surface area contributed by atoms with Gasteiger partial charge >= 0.3 is 0 Å². The molecule has 0 bridgehead atoms. The van der Waals surface area contributed by atoms with E-state index in [1.165, 1.54) is 6.42 Å². The van der Waals surface area contributed by atoms with Gasteiger partial charge in [-0.2, -0.15) is 0 Å². The number of hydrogen-bond acceptors (Lipinski definition) is 3. The lowest BCUT2D eigenvalue weighted by atomic mass is 9.93. The van der Waals surface area contributed by atoms with E-state index in [0.717, 1.165) is 44.4 Å². The first-order valence-corrected chi connectivity index (χ1v) is 8.73. The quantitative estimate of drug-likeness (QED) is 0.646. The van der Waals surface area contributed by atoms with Crippen LogP contribution in [0.15, 0.2) is 27.8 Å². The second-order valence-electron chi connectivity index (χ2n) is 7.02. The van der Waals surface area contributed by atoms with Crippen molar-refractivity contribution in [2.75, 3.05) is 39.8 Å². The molecule has 1 aromatic heterocycles. The molecule has 1 atom stereocenters. The van der Waals surface area contributed by atoms with Crippen molar-refractivity contribution in [1.29, 1.82) is 0 Å². The van der Waals surface area contributed by atoms with E-state index in [1.807, 2.05) is 13.1 Å². The Labute approximate surface area is 140 Å². The van der Waals surface area contributed by atoms with Crippen LogP contribution in [-0.4, -0.2) is 55.5 Å². The summed E-state index contributed by atoms with van der Waals surface area (Å²) in [6.45, 7) is 14.0. The van der Waals surface area contributed by atoms with Gasteiger partial charge in [-0.3, -0.25) is 9.89 Å². The van der Waals surface area contributed by atoms with E-state index < -0.39 is 0 Å². The number of hydrogen-bond donors (Lipinski definition) is 1. The minimum Gasteiger partial charge on any atom is -0.468 e. The maximum atomic E-state index is 5.67. The van der Waals surface area contributed by atoms with Crippen LogP contribution in [0.2, 0.25) is 0 Å². The van der Waals surface area contributed by atoms with E-state index in [9.17, 15) is 0 Å². The van der Waals surface area contributed by atoms with E-state index in [-0.39, 0.29) is 6.04 Å². The predicted octanol–water partition coefficient (Wildman–Crippen LogP) is 2.97. The fraction of sp³-hybridized carbons (Fsp3) is 0.722. The molecular formula is C18H32N4O. The number of likely N-dealkylation sites (tertiary alicyclic amines) is 1. The minimum absolute atomic E-state index is 0.229. The van der Waals surface area contributed by atoms with Crippen molar-refractivity contribution in [2.24, 2.45) is 10.4 Å². The summed E-state index contributed by atoms with van der Waals surface area (Å²) in [5.74, 6) is 2.01. The van der Waals surface area contributed by atoms with Gasteiger partial charge in [0.25, 0.3) is 0 Å². The van der Waals surface area contributed by atoms with Crippen molar-refractivity contribution in [1.82, 2.24) is 15.1 Å². The summed E-state index contributed by atoms with van der Waals surface area (Å²) in [5.41, 5.74) is 0.372. The number of rotatable bonds is 6. The third-order valence-electron chi connectivity index (χ3n) is 4.77. The Balaban J connectivity index is 2.02. The standard InChI is InChI=1S/C18H32N4O/c1-6-21(7-2)15(16-9-8-12-23-16)13-20-17(19-5)22-11-10-18(3,4)14-22/h8-9,12,15H,6-7,10-11,13-14H2,1-5H3,(H,19,20). The highest BCUT2D eigenvalue weighted by molar-refractivity contribution is 5.80. The summed E-state index contributed by atoms with van der Waals surface area (Å²) in [6.07, 6.45) is 2.97. The maximum absolute atomic E-state index is 5.67. The first-order valence-electron chi connectivity index (χ1n) is 8.73. The Morgan fingerprint density at radius 2 is 2.17 bits per heavy atom.